The Hall–Kier alpha value is -0.980. The zero-order chi connectivity index (χ0) is 13.8. The van der Waals surface area contributed by atoms with Crippen molar-refractivity contribution in [2.75, 3.05) is 0 Å². The van der Waals surface area contributed by atoms with Gasteiger partial charge in [0, 0.05) is 15.8 Å². The van der Waals surface area contributed by atoms with Crippen LogP contribution in [-0.2, 0) is 6.42 Å². The summed E-state index contributed by atoms with van der Waals surface area (Å²) in [5, 5.41) is 12.0. The summed E-state index contributed by atoms with van der Waals surface area (Å²) in [6.07, 6.45) is -0.327. The Morgan fingerprint density at radius 1 is 1.32 bits per heavy atom. The fourth-order valence-electron chi connectivity index (χ4n) is 1.66. The quantitative estimate of drug-likeness (QED) is 0.868. The number of aliphatic hydroxyl groups is 1. The molecule has 1 N–H and O–H groups in total. The number of hydrogen-bond donors (Lipinski definition) is 1. The summed E-state index contributed by atoms with van der Waals surface area (Å²) < 4.78 is 29.5. The molecule has 2 nitrogen and oxygen atoms in total. The monoisotopic (exact) mass is 348 g/mol. The molecule has 1 aromatic carbocycles. The summed E-state index contributed by atoms with van der Waals surface area (Å²) in [6, 6.07) is 8.04. The van der Waals surface area contributed by atoms with E-state index in [1.165, 1.54) is 23.5 Å². The van der Waals surface area contributed by atoms with E-state index in [2.05, 4.69) is 20.7 Å². The fraction of sp³-hybridized carbons (Fsp3) is 0.231. The molecule has 0 saturated heterocycles. The van der Waals surface area contributed by atoms with Gasteiger partial charge in [-0.25, -0.2) is 0 Å². The van der Waals surface area contributed by atoms with Crippen LogP contribution in [0, 0.1) is 0 Å². The fourth-order valence-corrected chi connectivity index (χ4v) is 3.21. The van der Waals surface area contributed by atoms with Gasteiger partial charge in [0.1, 0.15) is 5.75 Å². The lowest BCUT2D eigenvalue weighted by atomic mass is 10.1. The van der Waals surface area contributed by atoms with Crippen LogP contribution in [0.5, 0.6) is 5.75 Å². The molecule has 2 aromatic rings. The van der Waals surface area contributed by atoms with Crippen LogP contribution in [-0.4, -0.2) is 11.7 Å². The van der Waals surface area contributed by atoms with E-state index >= 15 is 0 Å². The van der Waals surface area contributed by atoms with E-state index in [4.69, 9.17) is 0 Å². The molecule has 1 heterocycles. The lowest BCUT2D eigenvalue weighted by Gasteiger charge is -2.12. The zero-order valence-electron chi connectivity index (χ0n) is 9.72. The van der Waals surface area contributed by atoms with Crippen LogP contribution < -0.4 is 4.74 Å². The van der Waals surface area contributed by atoms with Gasteiger partial charge in [0.2, 0.25) is 0 Å². The van der Waals surface area contributed by atoms with Crippen molar-refractivity contribution in [1.82, 2.24) is 0 Å². The molecule has 0 saturated carbocycles. The van der Waals surface area contributed by atoms with Gasteiger partial charge in [0.05, 0.1) is 6.10 Å². The van der Waals surface area contributed by atoms with Gasteiger partial charge < -0.3 is 9.84 Å². The minimum absolute atomic E-state index is 0.0526. The minimum Gasteiger partial charge on any atom is -0.435 e. The lowest BCUT2D eigenvalue weighted by molar-refractivity contribution is -0.0499. The van der Waals surface area contributed by atoms with Gasteiger partial charge in [-0.1, -0.05) is 12.1 Å². The molecule has 2 rings (SSSR count). The Balaban J connectivity index is 2.10. The molecule has 0 amide bonds. The van der Waals surface area contributed by atoms with Crippen molar-refractivity contribution in [2.45, 2.75) is 19.1 Å². The first kappa shape index (κ1) is 14.4. The Morgan fingerprint density at radius 3 is 2.74 bits per heavy atom. The summed E-state index contributed by atoms with van der Waals surface area (Å²) in [5.74, 6) is 0.0526. The summed E-state index contributed by atoms with van der Waals surface area (Å²) in [6.45, 7) is -2.86. The van der Waals surface area contributed by atoms with E-state index in [1.54, 1.807) is 12.1 Å². The van der Waals surface area contributed by atoms with Crippen LogP contribution in [0.15, 0.2) is 40.2 Å². The van der Waals surface area contributed by atoms with Crippen molar-refractivity contribution in [3.63, 3.8) is 0 Å². The maximum atomic E-state index is 12.1. The van der Waals surface area contributed by atoms with E-state index in [0.717, 1.165) is 9.35 Å². The second kappa shape index (κ2) is 6.45. The topological polar surface area (TPSA) is 29.5 Å². The van der Waals surface area contributed by atoms with Crippen LogP contribution in [0.4, 0.5) is 8.78 Å². The zero-order valence-corrected chi connectivity index (χ0v) is 12.1. The third-order valence-electron chi connectivity index (χ3n) is 2.54. The molecular weight excluding hydrogens is 338 g/mol. The summed E-state index contributed by atoms with van der Waals surface area (Å²) >= 11 is 4.92. The summed E-state index contributed by atoms with van der Waals surface area (Å²) in [4.78, 5) is 1.01. The molecule has 0 aliphatic heterocycles. The third kappa shape index (κ3) is 3.99. The standard InChI is InChI=1S/C13H11BrF2O2S/c14-10-4-5-19-12(10)7-11(17)8-2-1-3-9(6-8)18-13(15)16/h1-6,11,13,17H,7H2. The van der Waals surface area contributed by atoms with Gasteiger partial charge in [-0.3, -0.25) is 0 Å². The molecular formula is C13H11BrF2O2S. The molecule has 0 radical (unpaired) electrons. The Kier molecular flexibility index (Phi) is 4.90. The molecule has 6 heteroatoms. The van der Waals surface area contributed by atoms with Crippen LogP contribution in [0.1, 0.15) is 16.5 Å². The van der Waals surface area contributed by atoms with Crippen molar-refractivity contribution < 1.29 is 18.6 Å². The van der Waals surface area contributed by atoms with E-state index in [1.807, 2.05) is 11.4 Å². The third-order valence-corrected chi connectivity index (χ3v) is 4.49. The highest BCUT2D eigenvalue weighted by Crippen LogP contribution is 2.29. The number of hydrogen-bond acceptors (Lipinski definition) is 3. The predicted molar refractivity (Wildman–Crippen MR) is 73.8 cm³/mol. The molecule has 0 fully saturated rings. The molecule has 1 aromatic heterocycles. The van der Waals surface area contributed by atoms with Gasteiger partial charge in [-0.2, -0.15) is 8.78 Å². The van der Waals surface area contributed by atoms with Crippen LogP contribution >= 0.6 is 27.3 Å². The van der Waals surface area contributed by atoms with E-state index in [0.29, 0.717) is 12.0 Å². The first-order valence-corrected chi connectivity index (χ1v) is 7.18. The molecule has 0 aliphatic rings. The second-order valence-corrected chi connectivity index (χ2v) is 5.72. The van der Waals surface area contributed by atoms with Gasteiger partial charge in [-0.05, 0) is 45.1 Å². The van der Waals surface area contributed by atoms with Gasteiger partial charge in [0.25, 0.3) is 0 Å². The van der Waals surface area contributed by atoms with Crippen molar-refractivity contribution in [1.29, 1.82) is 0 Å². The number of ether oxygens (including phenoxy) is 1. The highest BCUT2D eigenvalue weighted by Gasteiger charge is 2.13. The second-order valence-electron chi connectivity index (χ2n) is 3.86. The van der Waals surface area contributed by atoms with E-state index < -0.39 is 12.7 Å². The molecule has 0 spiro atoms. The van der Waals surface area contributed by atoms with Gasteiger partial charge >= 0.3 is 6.61 Å². The number of alkyl halides is 2. The average molecular weight is 349 g/mol. The maximum Gasteiger partial charge on any atom is 0.387 e. The van der Waals surface area contributed by atoms with Crippen molar-refractivity contribution in [3.05, 3.63) is 50.6 Å². The maximum absolute atomic E-state index is 12.1. The Bertz CT molecular complexity index is 545. The van der Waals surface area contributed by atoms with Crippen LogP contribution in [0.25, 0.3) is 0 Å². The minimum atomic E-state index is -2.86. The number of halogens is 3. The number of rotatable bonds is 5. The molecule has 1 atom stereocenters. The number of benzene rings is 1. The Morgan fingerprint density at radius 2 is 2.11 bits per heavy atom. The van der Waals surface area contributed by atoms with Crippen LogP contribution in [0.2, 0.25) is 0 Å². The molecule has 0 aliphatic carbocycles. The van der Waals surface area contributed by atoms with E-state index in [9.17, 15) is 13.9 Å². The molecule has 19 heavy (non-hydrogen) atoms. The van der Waals surface area contributed by atoms with Gasteiger partial charge in [-0.15, -0.1) is 11.3 Å². The van der Waals surface area contributed by atoms with Crippen molar-refractivity contribution in [2.24, 2.45) is 0 Å². The first-order valence-electron chi connectivity index (χ1n) is 5.51. The molecule has 102 valence electrons. The largest absolute Gasteiger partial charge is 0.435 e. The highest BCUT2D eigenvalue weighted by atomic mass is 79.9. The smallest absolute Gasteiger partial charge is 0.387 e. The first-order chi connectivity index (χ1) is 9.06. The number of aliphatic hydroxyl groups excluding tert-OH is 1. The van der Waals surface area contributed by atoms with Crippen molar-refractivity contribution >= 4 is 27.3 Å². The molecule has 0 bridgehead atoms. The normalized spacial score (nSPS) is 12.7. The number of thiophene rings is 1. The predicted octanol–water partition coefficient (Wildman–Crippen LogP) is 4.39. The SMILES string of the molecule is OC(Cc1sccc1Br)c1cccc(OC(F)F)c1. The molecule has 1 unspecified atom stereocenters. The van der Waals surface area contributed by atoms with Crippen molar-refractivity contribution in [3.8, 4) is 5.75 Å². The summed E-state index contributed by atoms with van der Waals surface area (Å²) in [5.41, 5.74) is 0.554. The Labute approximate surface area is 121 Å². The average Bonchev–Trinajstić information content (AvgIpc) is 2.74. The van der Waals surface area contributed by atoms with Gasteiger partial charge in [0.15, 0.2) is 0 Å². The lowest BCUT2D eigenvalue weighted by Crippen LogP contribution is -2.04. The summed E-state index contributed by atoms with van der Waals surface area (Å²) in [7, 11) is 0. The van der Waals surface area contributed by atoms with E-state index in [-0.39, 0.29) is 5.75 Å². The highest BCUT2D eigenvalue weighted by molar-refractivity contribution is 9.10. The van der Waals surface area contributed by atoms with Crippen LogP contribution in [0.3, 0.4) is 0 Å².